The van der Waals surface area contributed by atoms with Crippen LogP contribution in [0.3, 0.4) is 0 Å². The highest BCUT2D eigenvalue weighted by atomic mass is 19.4. The van der Waals surface area contributed by atoms with Gasteiger partial charge in [-0.1, -0.05) is 0 Å². The predicted molar refractivity (Wildman–Crippen MR) is 42.6 cm³/mol. The van der Waals surface area contributed by atoms with E-state index in [4.69, 9.17) is 5.73 Å². The zero-order valence-corrected chi connectivity index (χ0v) is 7.62. The zero-order chi connectivity index (χ0) is 11.6. The first-order valence-electron chi connectivity index (χ1n) is 4.14. The van der Waals surface area contributed by atoms with Gasteiger partial charge in [0, 0.05) is 19.6 Å². The molecule has 0 saturated carbocycles. The molecule has 0 aliphatic carbocycles. The third-order valence-corrected chi connectivity index (χ3v) is 1.97. The summed E-state index contributed by atoms with van der Waals surface area (Å²) in [6, 6.07) is -1.04. The Morgan fingerprint density at radius 2 is 2.00 bits per heavy atom. The molecule has 1 saturated heterocycles. The van der Waals surface area contributed by atoms with Gasteiger partial charge in [0.25, 0.3) is 0 Å². The third-order valence-electron chi connectivity index (χ3n) is 1.97. The van der Waals surface area contributed by atoms with Crippen LogP contribution in [0.5, 0.6) is 0 Å². The lowest BCUT2D eigenvalue weighted by molar-refractivity contribution is -0.186. The molecule has 0 aromatic heterocycles. The van der Waals surface area contributed by atoms with Crippen molar-refractivity contribution in [3.63, 3.8) is 0 Å². The Morgan fingerprint density at radius 3 is 2.47 bits per heavy atom. The molecule has 1 aliphatic heterocycles. The molecule has 0 bridgehead atoms. The highest BCUT2D eigenvalue weighted by molar-refractivity contribution is 5.84. The second-order valence-electron chi connectivity index (χ2n) is 3.07. The number of alkyl halides is 3. The standard InChI is InChI=1S/C7H9F3N3O2/c8-7(9,10)6(15)13-2-1-12-4(3-13)5(11)14/h4H,1-3H2,(H2,11,14). The van der Waals surface area contributed by atoms with Crippen LogP contribution in [0, 0.1) is 0 Å². The first kappa shape index (κ1) is 11.8. The van der Waals surface area contributed by atoms with Crippen molar-refractivity contribution in [2.24, 2.45) is 5.73 Å². The van der Waals surface area contributed by atoms with Gasteiger partial charge in [-0.05, 0) is 0 Å². The quantitative estimate of drug-likeness (QED) is 0.610. The summed E-state index contributed by atoms with van der Waals surface area (Å²) in [6.45, 7) is -0.536. The van der Waals surface area contributed by atoms with Crippen molar-refractivity contribution < 1.29 is 22.8 Å². The molecular weight excluding hydrogens is 215 g/mol. The maximum Gasteiger partial charge on any atom is 0.471 e. The summed E-state index contributed by atoms with van der Waals surface area (Å²) < 4.78 is 36.1. The van der Waals surface area contributed by atoms with Gasteiger partial charge in [0.15, 0.2) is 0 Å². The van der Waals surface area contributed by atoms with E-state index in [0.717, 1.165) is 0 Å². The van der Waals surface area contributed by atoms with Crippen molar-refractivity contribution in [1.29, 1.82) is 0 Å². The summed E-state index contributed by atoms with van der Waals surface area (Å²) in [4.78, 5) is 22.0. The normalized spacial score (nSPS) is 22.6. The number of halogens is 3. The van der Waals surface area contributed by atoms with Crippen LogP contribution in [0.15, 0.2) is 0 Å². The molecule has 1 radical (unpaired) electrons. The van der Waals surface area contributed by atoms with E-state index in [1.54, 1.807) is 0 Å². The molecule has 1 heterocycles. The molecule has 1 atom stereocenters. The summed E-state index contributed by atoms with van der Waals surface area (Å²) in [5.74, 6) is -2.78. The van der Waals surface area contributed by atoms with Crippen LogP contribution in [0.25, 0.3) is 0 Å². The average molecular weight is 224 g/mol. The highest BCUT2D eigenvalue weighted by Gasteiger charge is 2.44. The molecule has 2 amide bonds. The highest BCUT2D eigenvalue weighted by Crippen LogP contribution is 2.19. The fourth-order valence-electron chi connectivity index (χ4n) is 1.24. The fourth-order valence-corrected chi connectivity index (χ4v) is 1.24. The summed E-state index contributed by atoms with van der Waals surface area (Å²) in [6.07, 6.45) is -4.92. The minimum atomic E-state index is -4.92. The molecule has 1 aliphatic rings. The molecule has 1 unspecified atom stereocenters. The Morgan fingerprint density at radius 1 is 1.40 bits per heavy atom. The van der Waals surface area contributed by atoms with E-state index in [9.17, 15) is 22.8 Å². The largest absolute Gasteiger partial charge is 0.471 e. The molecule has 2 N–H and O–H groups in total. The van der Waals surface area contributed by atoms with E-state index in [1.807, 2.05) is 0 Å². The van der Waals surface area contributed by atoms with Gasteiger partial charge < -0.3 is 10.6 Å². The summed E-state index contributed by atoms with van der Waals surface area (Å²) in [7, 11) is 0. The molecule has 0 aromatic carbocycles. The van der Waals surface area contributed by atoms with Gasteiger partial charge in [-0.25, -0.2) is 5.32 Å². The summed E-state index contributed by atoms with van der Waals surface area (Å²) in [5, 5.41) is 3.71. The van der Waals surface area contributed by atoms with Crippen molar-refractivity contribution in [2.45, 2.75) is 12.2 Å². The number of nitrogens with two attached hydrogens (primary N) is 1. The van der Waals surface area contributed by atoms with Crippen LogP contribution < -0.4 is 11.1 Å². The molecule has 85 valence electrons. The Kier molecular flexibility index (Phi) is 3.18. The van der Waals surface area contributed by atoms with Crippen molar-refractivity contribution in [1.82, 2.24) is 10.2 Å². The van der Waals surface area contributed by atoms with Crippen molar-refractivity contribution in [3.8, 4) is 0 Å². The maximum atomic E-state index is 12.0. The molecule has 5 nitrogen and oxygen atoms in total. The Hall–Kier alpha value is -1.31. The van der Waals surface area contributed by atoms with Gasteiger partial charge in [-0.15, -0.1) is 0 Å². The van der Waals surface area contributed by atoms with E-state index in [2.05, 4.69) is 5.32 Å². The van der Waals surface area contributed by atoms with E-state index >= 15 is 0 Å². The number of nitrogens with zero attached hydrogens (tertiary/aromatic N) is 2. The molecule has 15 heavy (non-hydrogen) atoms. The lowest BCUT2D eigenvalue weighted by Crippen LogP contribution is -2.56. The fraction of sp³-hybridized carbons (Fsp3) is 0.714. The average Bonchev–Trinajstić information content (AvgIpc) is 2.15. The van der Waals surface area contributed by atoms with Crippen LogP contribution in [-0.2, 0) is 9.59 Å². The Bertz CT molecular complexity index is 279. The second-order valence-corrected chi connectivity index (χ2v) is 3.07. The number of carbonyl (C=O) groups is 2. The number of amides is 2. The van der Waals surface area contributed by atoms with Crippen LogP contribution in [-0.4, -0.2) is 48.6 Å². The Labute approximate surface area is 83.4 Å². The first-order valence-corrected chi connectivity index (χ1v) is 4.14. The minimum Gasteiger partial charge on any atom is -0.368 e. The number of piperazine rings is 1. The molecule has 0 aromatic rings. The van der Waals surface area contributed by atoms with Crippen LogP contribution in [0.2, 0.25) is 0 Å². The van der Waals surface area contributed by atoms with Gasteiger partial charge >= 0.3 is 12.1 Å². The molecule has 1 fully saturated rings. The lowest BCUT2D eigenvalue weighted by Gasteiger charge is -2.31. The van der Waals surface area contributed by atoms with Crippen LogP contribution in [0.4, 0.5) is 13.2 Å². The van der Waals surface area contributed by atoms with Crippen molar-refractivity contribution in [2.75, 3.05) is 19.6 Å². The van der Waals surface area contributed by atoms with Gasteiger partial charge in [0.05, 0.1) is 0 Å². The van der Waals surface area contributed by atoms with E-state index in [0.29, 0.717) is 4.90 Å². The Balaban J connectivity index is 2.64. The van der Waals surface area contributed by atoms with E-state index in [-0.39, 0.29) is 13.1 Å². The summed E-state index contributed by atoms with van der Waals surface area (Å²) >= 11 is 0. The number of rotatable bonds is 1. The SMILES string of the molecule is NC(=O)C1CN(C(=O)C(F)(F)F)CC[N]1. The maximum absolute atomic E-state index is 12.0. The van der Waals surface area contributed by atoms with Gasteiger partial charge in [-0.3, -0.25) is 9.59 Å². The van der Waals surface area contributed by atoms with Crippen molar-refractivity contribution >= 4 is 11.8 Å². The van der Waals surface area contributed by atoms with Crippen molar-refractivity contribution in [3.05, 3.63) is 0 Å². The topological polar surface area (TPSA) is 77.5 Å². The monoisotopic (exact) mass is 224 g/mol. The lowest BCUT2D eigenvalue weighted by atomic mass is 10.2. The number of hydrogen-bond acceptors (Lipinski definition) is 2. The van der Waals surface area contributed by atoms with Crippen LogP contribution in [0.1, 0.15) is 0 Å². The first-order chi connectivity index (χ1) is 6.82. The number of hydrogen-bond donors (Lipinski definition) is 1. The second kappa shape index (κ2) is 4.05. The predicted octanol–water partition coefficient (Wildman–Crippen LogP) is -1.15. The number of carbonyl (C=O) groups excluding carboxylic acids is 2. The van der Waals surface area contributed by atoms with E-state index < -0.39 is 30.6 Å². The molecule has 1 rings (SSSR count). The molecular formula is C7H9F3N3O2. The zero-order valence-electron chi connectivity index (χ0n) is 7.62. The van der Waals surface area contributed by atoms with E-state index in [1.165, 1.54) is 0 Å². The summed E-state index contributed by atoms with van der Waals surface area (Å²) in [5.41, 5.74) is 4.89. The third kappa shape index (κ3) is 2.82. The molecule has 0 spiro atoms. The smallest absolute Gasteiger partial charge is 0.368 e. The van der Waals surface area contributed by atoms with Gasteiger partial charge in [0.1, 0.15) is 6.04 Å². The van der Waals surface area contributed by atoms with Gasteiger partial charge in [0.2, 0.25) is 5.91 Å². The van der Waals surface area contributed by atoms with Crippen LogP contribution >= 0.6 is 0 Å². The van der Waals surface area contributed by atoms with Gasteiger partial charge in [-0.2, -0.15) is 13.2 Å². The molecule has 8 heteroatoms. The minimum absolute atomic E-state index is 0.00454. The number of primary amides is 1.